The molecule has 9 nitrogen and oxygen atoms in total. The van der Waals surface area contributed by atoms with E-state index in [9.17, 15) is 24.9 Å². The number of carbonyl (C=O) groups is 2. The number of carbonyl (C=O) groups excluding carboxylic acids is 1. The number of carboxylic acid groups (broad SMARTS) is 1. The topological polar surface area (TPSA) is 146 Å². The normalized spacial score (nSPS) is 30.5. The van der Waals surface area contributed by atoms with Gasteiger partial charge in [-0.25, -0.2) is 4.79 Å². The monoisotopic (exact) mass is 502 g/mol. The Kier molecular flexibility index (Phi) is 12.6. The molecule has 0 unspecified atom stereocenters. The van der Waals surface area contributed by atoms with Crippen LogP contribution in [0.5, 0.6) is 0 Å². The van der Waals surface area contributed by atoms with Gasteiger partial charge in [-0.05, 0) is 39.5 Å². The fraction of sp³-hybridized carbons (Fsp3) is 0.846. The van der Waals surface area contributed by atoms with Crippen LogP contribution in [-0.4, -0.2) is 82.2 Å². The predicted octanol–water partition coefficient (Wildman–Crippen LogP) is 2.84. The maximum Gasteiger partial charge on any atom is 0.330 e. The third-order valence-electron chi connectivity index (χ3n) is 7.09. The highest BCUT2D eigenvalue weighted by molar-refractivity contribution is 5.82. The maximum atomic E-state index is 12.1. The van der Waals surface area contributed by atoms with Crippen LogP contribution in [0.25, 0.3) is 0 Å². The van der Waals surface area contributed by atoms with E-state index in [1.54, 1.807) is 13.8 Å². The molecule has 0 aliphatic carbocycles. The summed E-state index contributed by atoms with van der Waals surface area (Å²) < 4.78 is 16.7. The summed E-state index contributed by atoms with van der Waals surface area (Å²) in [6, 6.07) is 0. The Labute approximate surface area is 209 Å². The van der Waals surface area contributed by atoms with Crippen molar-refractivity contribution in [3.8, 4) is 0 Å². The molecule has 0 spiro atoms. The largest absolute Gasteiger partial charge is 0.481 e. The van der Waals surface area contributed by atoms with Crippen LogP contribution in [0.15, 0.2) is 11.6 Å². The zero-order chi connectivity index (χ0) is 26.0. The number of rotatable bonds is 16. The van der Waals surface area contributed by atoms with Crippen molar-refractivity contribution in [3.05, 3.63) is 11.6 Å². The molecule has 2 aliphatic rings. The summed E-state index contributed by atoms with van der Waals surface area (Å²) in [4.78, 5) is 22.5. The van der Waals surface area contributed by atoms with Crippen molar-refractivity contribution in [3.63, 3.8) is 0 Å². The average molecular weight is 503 g/mol. The number of hydrogen-bond donors (Lipinski definition) is 4. The van der Waals surface area contributed by atoms with E-state index in [-0.39, 0.29) is 31.9 Å². The van der Waals surface area contributed by atoms with Gasteiger partial charge in [0.15, 0.2) is 0 Å². The highest BCUT2D eigenvalue weighted by Crippen LogP contribution is 2.38. The second-order valence-electron chi connectivity index (χ2n) is 10.2. The molecule has 204 valence electrons. The molecule has 2 heterocycles. The minimum atomic E-state index is -1.06. The van der Waals surface area contributed by atoms with E-state index in [0.29, 0.717) is 38.0 Å². The zero-order valence-corrected chi connectivity index (χ0v) is 21.3. The Morgan fingerprint density at radius 1 is 1.06 bits per heavy atom. The second kappa shape index (κ2) is 14.9. The number of unbranched alkanes of at least 4 members (excludes halogenated alkanes) is 5. The molecule has 2 saturated heterocycles. The van der Waals surface area contributed by atoms with Crippen molar-refractivity contribution in [2.24, 2.45) is 11.8 Å². The van der Waals surface area contributed by atoms with Crippen LogP contribution in [0.1, 0.15) is 80.0 Å². The number of aliphatic hydroxyl groups excluding tert-OH is 3. The summed E-state index contributed by atoms with van der Waals surface area (Å²) in [5.41, 5.74) is 0.708. The van der Waals surface area contributed by atoms with Crippen molar-refractivity contribution in [1.82, 2.24) is 0 Å². The van der Waals surface area contributed by atoms with E-state index in [4.69, 9.17) is 19.3 Å². The summed E-state index contributed by atoms with van der Waals surface area (Å²) in [6.07, 6.45) is 4.61. The third-order valence-corrected chi connectivity index (χ3v) is 7.09. The molecule has 4 N–H and O–H groups in total. The number of aliphatic hydroxyl groups is 3. The molecular weight excluding hydrogens is 456 g/mol. The first-order valence-corrected chi connectivity index (χ1v) is 13.0. The summed E-state index contributed by atoms with van der Waals surface area (Å²) in [7, 11) is 0. The summed E-state index contributed by atoms with van der Waals surface area (Å²) in [5, 5.41) is 39.5. The van der Waals surface area contributed by atoms with E-state index in [1.807, 2.05) is 6.92 Å². The molecule has 0 saturated carbocycles. The molecule has 0 bridgehead atoms. The van der Waals surface area contributed by atoms with Gasteiger partial charge in [-0.2, -0.15) is 0 Å². The third kappa shape index (κ3) is 10.6. The second-order valence-corrected chi connectivity index (χ2v) is 10.2. The number of ether oxygens (including phenoxy) is 3. The molecule has 0 aromatic heterocycles. The van der Waals surface area contributed by atoms with Crippen molar-refractivity contribution in [2.75, 3.05) is 13.2 Å². The summed E-state index contributed by atoms with van der Waals surface area (Å²) in [5.74, 6) is -1.42. The molecule has 2 rings (SSSR count). The quantitative estimate of drug-likeness (QED) is 0.108. The SMILES string of the molecule is C/C(=C\C(=O)OCCCCCCCCC(=O)O)C[C@@H]1OC[C@H](C[C@@H]2O[C@H]2[C@@H](C)[C@@H](C)O)[C@@H](O)[C@H]1O.[HH]. The molecule has 2 aliphatic heterocycles. The van der Waals surface area contributed by atoms with Crippen LogP contribution in [0.4, 0.5) is 0 Å². The van der Waals surface area contributed by atoms with E-state index in [1.165, 1.54) is 6.08 Å². The lowest BCUT2D eigenvalue weighted by atomic mass is 9.85. The van der Waals surface area contributed by atoms with E-state index < -0.39 is 36.4 Å². The fourth-order valence-corrected chi connectivity index (χ4v) is 4.59. The molecule has 0 radical (unpaired) electrons. The highest BCUT2D eigenvalue weighted by Gasteiger charge is 2.48. The maximum absolute atomic E-state index is 12.1. The van der Waals surface area contributed by atoms with Gasteiger partial charge in [-0.3, -0.25) is 4.79 Å². The number of epoxide rings is 1. The Bertz CT molecular complexity index is 699. The lowest BCUT2D eigenvalue weighted by molar-refractivity contribution is -0.165. The van der Waals surface area contributed by atoms with E-state index in [0.717, 1.165) is 32.1 Å². The van der Waals surface area contributed by atoms with Gasteiger partial charge >= 0.3 is 11.9 Å². The molecule has 9 heteroatoms. The smallest absolute Gasteiger partial charge is 0.330 e. The summed E-state index contributed by atoms with van der Waals surface area (Å²) in [6.45, 7) is 6.07. The molecular formula is C26H46O9. The van der Waals surface area contributed by atoms with Gasteiger partial charge in [0.1, 0.15) is 6.10 Å². The Morgan fingerprint density at radius 3 is 2.37 bits per heavy atom. The predicted molar refractivity (Wildman–Crippen MR) is 131 cm³/mol. The van der Waals surface area contributed by atoms with Crippen LogP contribution in [0, 0.1) is 11.8 Å². The van der Waals surface area contributed by atoms with Gasteiger partial charge in [0.25, 0.3) is 0 Å². The van der Waals surface area contributed by atoms with Gasteiger partial charge in [-0.1, -0.05) is 38.2 Å². The van der Waals surface area contributed by atoms with Gasteiger partial charge < -0.3 is 34.6 Å². The number of hydrogen-bond acceptors (Lipinski definition) is 8. The first-order chi connectivity index (χ1) is 16.6. The van der Waals surface area contributed by atoms with Crippen molar-refractivity contribution in [1.29, 1.82) is 0 Å². The van der Waals surface area contributed by atoms with Crippen molar-refractivity contribution >= 4 is 11.9 Å². The number of esters is 1. The highest BCUT2D eigenvalue weighted by atomic mass is 16.6. The lowest BCUT2D eigenvalue weighted by Crippen LogP contribution is -2.50. The van der Waals surface area contributed by atoms with Gasteiger partial charge in [0, 0.05) is 25.8 Å². The molecule has 0 aromatic rings. The minimum absolute atomic E-state index is 0. The lowest BCUT2D eigenvalue weighted by Gasteiger charge is -2.38. The molecule has 0 aromatic carbocycles. The standard InChI is InChI=1S/C26H44O9.H2/c1-16(13-23(30)33-11-9-7-5-4-6-8-10-22(28)29)12-20-25(32)24(31)19(15-34-20)14-21-26(35-21)17(2)18(3)27;/h13,17-21,24-27,31-32H,4-12,14-15H2,1-3H3,(H,28,29);1H/b16-13+;/t17-,18+,19-,20-,21-,24+,25-,26-;/m0./s1. The van der Waals surface area contributed by atoms with Gasteiger partial charge in [-0.15, -0.1) is 0 Å². The number of carboxylic acids is 1. The zero-order valence-electron chi connectivity index (χ0n) is 21.3. The Balaban J connectivity index is 0.00000648. The first-order valence-electron chi connectivity index (χ1n) is 13.0. The Hall–Kier alpha value is -1.52. The van der Waals surface area contributed by atoms with Gasteiger partial charge in [0.05, 0.1) is 43.7 Å². The van der Waals surface area contributed by atoms with Crippen LogP contribution in [0.2, 0.25) is 0 Å². The summed E-state index contributed by atoms with van der Waals surface area (Å²) >= 11 is 0. The minimum Gasteiger partial charge on any atom is -0.481 e. The van der Waals surface area contributed by atoms with Crippen molar-refractivity contribution in [2.45, 2.75) is 115 Å². The molecule has 2 fully saturated rings. The van der Waals surface area contributed by atoms with Gasteiger partial charge in [0.2, 0.25) is 0 Å². The van der Waals surface area contributed by atoms with Crippen LogP contribution < -0.4 is 0 Å². The fourth-order valence-electron chi connectivity index (χ4n) is 4.59. The van der Waals surface area contributed by atoms with E-state index >= 15 is 0 Å². The average Bonchev–Trinajstić information content (AvgIpc) is 3.55. The molecule has 35 heavy (non-hydrogen) atoms. The number of aliphatic carboxylic acids is 1. The Morgan fingerprint density at radius 2 is 1.71 bits per heavy atom. The molecule has 8 atom stereocenters. The van der Waals surface area contributed by atoms with Crippen LogP contribution >= 0.6 is 0 Å². The van der Waals surface area contributed by atoms with Crippen LogP contribution in [0.3, 0.4) is 0 Å². The van der Waals surface area contributed by atoms with E-state index in [2.05, 4.69) is 0 Å². The first kappa shape index (κ1) is 29.7. The van der Waals surface area contributed by atoms with Crippen LogP contribution in [-0.2, 0) is 23.8 Å². The van der Waals surface area contributed by atoms with Crippen molar-refractivity contribution < 1.29 is 45.7 Å². The molecule has 0 amide bonds.